The van der Waals surface area contributed by atoms with Crippen molar-refractivity contribution in [1.82, 2.24) is 9.62 Å². The van der Waals surface area contributed by atoms with Crippen molar-refractivity contribution in [3.05, 3.63) is 0 Å². The highest BCUT2D eigenvalue weighted by molar-refractivity contribution is 7.89. The second kappa shape index (κ2) is 6.38. The Morgan fingerprint density at radius 2 is 1.95 bits per heavy atom. The smallest absolute Gasteiger partial charge is 0.221 e. The fourth-order valence-corrected chi connectivity index (χ4v) is 3.52. The molecule has 2 N–H and O–H groups in total. The Hall–Kier alpha value is -0.700. The summed E-state index contributed by atoms with van der Waals surface area (Å²) < 4.78 is 30.5. The number of nitrogens with zero attached hydrogens (tertiary/aromatic N) is 1. The average molecular weight is 306 g/mol. The molecule has 0 spiro atoms. The molecule has 2 aliphatic rings. The minimum Gasteiger partial charge on any atom is -0.396 e. The van der Waals surface area contributed by atoms with Gasteiger partial charge >= 0.3 is 0 Å². The number of hydrogen-bond acceptors (Lipinski definition) is 5. The Balaban J connectivity index is 1.71. The molecule has 2 fully saturated rings. The minimum atomic E-state index is -3.38. The summed E-state index contributed by atoms with van der Waals surface area (Å²) in [4.78, 5) is 11.7. The Kier molecular flexibility index (Phi) is 5.00. The molecule has 20 heavy (non-hydrogen) atoms. The van der Waals surface area contributed by atoms with Crippen molar-refractivity contribution in [3.8, 4) is 0 Å². The van der Waals surface area contributed by atoms with Crippen LogP contribution >= 0.6 is 0 Å². The molecule has 0 aromatic heterocycles. The van der Waals surface area contributed by atoms with Crippen LogP contribution in [0.2, 0.25) is 0 Å². The first kappa shape index (κ1) is 15.7. The number of aliphatic hydroxyl groups excluding tert-OH is 1. The van der Waals surface area contributed by atoms with E-state index in [1.54, 1.807) is 0 Å². The number of rotatable bonds is 7. The molecule has 0 aromatic carbocycles. The van der Waals surface area contributed by atoms with E-state index in [1.807, 2.05) is 0 Å². The molecule has 1 aliphatic heterocycles. The Morgan fingerprint density at radius 1 is 1.30 bits per heavy atom. The summed E-state index contributed by atoms with van der Waals surface area (Å²) in [6.45, 7) is 2.03. The second-order valence-corrected chi connectivity index (χ2v) is 7.60. The zero-order valence-corrected chi connectivity index (χ0v) is 12.3. The lowest BCUT2D eigenvalue weighted by atomic mass is 10.1. The highest BCUT2D eigenvalue weighted by atomic mass is 32.2. The molecule has 1 saturated heterocycles. The predicted octanol–water partition coefficient (Wildman–Crippen LogP) is -1.07. The van der Waals surface area contributed by atoms with Crippen LogP contribution in [0.5, 0.6) is 0 Å². The monoisotopic (exact) mass is 306 g/mol. The van der Waals surface area contributed by atoms with E-state index in [0.717, 1.165) is 12.8 Å². The third-order valence-electron chi connectivity index (χ3n) is 3.90. The topological polar surface area (TPSA) is 95.9 Å². The van der Waals surface area contributed by atoms with Crippen LogP contribution in [-0.4, -0.2) is 68.9 Å². The van der Waals surface area contributed by atoms with E-state index in [4.69, 9.17) is 9.84 Å². The second-order valence-electron chi connectivity index (χ2n) is 5.51. The fraction of sp³-hybridized carbons (Fsp3) is 0.917. The molecular weight excluding hydrogens is 284 g/mol. The Morgan fingerprint density at radius 3 is 2.50 bits per heavy atom. The summed E-state index contributed by atoms with van der Waals surface area (Å²) in [5.41, 5.74) is -0.154. The number of sulfonamides is 1. The van der Waals surface area contributed by atoms with E-state index in [2.05, 4.69) is 5.32 Å². The van der Waals surface area contributed by atoms with Gasteiger partial charge in [0.15, 0.2) is 0 Å². The zero-order valence-electron chi connectivity index (χ0n) is 11.5. The van der Waals surface area contributed by atoms with E-state index < -0.39 is 10.0 Å². The highest BCUT2D eigenvalue weighted by Gasteiger charge is 2.42. The lowest BCUT2D eigenvalue weighted by Crippen LogP contribution is -2.42. The van der Waals surface area contributed by atoms with Gasteiger partial charge < -0.3 is 15.2 Å². The van der Waals surface area contributed by atoms with Crippen molar-refractivity contribution in [2.75, 3.05) is 45.2 Å². The molecule has 1 amide bonds. The predicted molar refractivity (Wildman–Crippen MR) is 72.6 cm³/mol. The highest BCUT2D eigenvalue weighted by Crippen LogP contribution is 2.44. The van der Waals surface area contributed by atoms with Crippen molar-refractivity contribution >= 4 is 15.9 Å². The first-order chi connectivity index (χ1) is 9.47. The van der Waals surface area contributed by atoms with E-state index in [-0.39, 0.29) is 30.1 Å². The number of amides is 1. The largest absolute Gasteiger partial charge is 0.396 e. The van der Waals surface area contributed by atoms with Crippen molar-refractivity contribution in [3.63, 3.8) is 0 Å². The van der Waals surface area contributed by atoms with Gasteiger partial charge in [-0.3, -0.25) is 4.79 Å². The number of hydrogen-bond donors (Lipinski definition) is 2. The standard InChI is InChI=1S/C12H22N2O5S/c15-10-12(2-3-12)9-13-11(16)1-8-20(17,18)14-4-6-19-7-5-14/h15H,1-10H2,(H,13,16). The number of ether oxygens (including phenoxy) is 1. The SMILES string of the molecule is O=C(CCS(=O)(=O)N1CCOCC1)NCC1(CO)CC1. The molecule has 0 radical (unpaired) electrons. The molecule has 2 rings (SSSR count). The van der Waals surface area contributed by atoms with Crippen molar-refractivity contribution in [2.24, 2.45) is 5.41 Å². The number of aliphatic hydroxyl groups is 1. The van der Waals surface area contributed by atoms with Crippen LogP contribution in [0.4, 0.5) is 0 Å². The van der Waals surface area contributed by atoms with Crippen LogP contribution in [0.1, 0.15) is 19.3 Å². The third kappa shape index (κ3) is 4.15. The first-order valence-electron chi connectivity index (χ1n) is 6.91. The van der Waals surface area contributed by atoms with Crippen LogP contribution in [0.3, 0.4) is 0 Å². The Labute approximate surface area is 119 Å². The van der Waals surface area contributed by atoms with Gasteiger partial charge in [0.1, 0.15) is 0 Å². The molecule has 0 aromatic rings. The van der Waals surface area contributed by atoms with Gasteiger partial charge in [-0.15, -0.1) is 0 Å². The lowest BCUT2D eigenvalue weighted by Gasteiger charge is -2.25. The summed E-state index contributed by atoms with van der Waals surface area (Å²) >= 11 is 0. The molecule has 7 nitrogen and oxygen atoms in total. The summed E-state index contributed by atoms with van der Waals surface area (Å²) in [5.74, 6) is -0.452. The van der Waals surface area contributed by atoms with Crippen LogP contribution in [-0.2, 0) is 19.6 Å². The van der Waals surface area contributed by atoms with Gasteiger partial charge in [0.2, 0.25) is 15.9 Å². The lowest BCUT2D eigenvalue weighted by molar-refractivity contribution is -0.121. The van der Waals surface area contributed by atoms with Crippen LogP contribution in [0.25, 0.3) is 0 Å². The zero-order chi connectivity index (χ0) is 14.6. The van der Waals surface area contributed by atoms with Gasteiger partial charge in [0.05, 0.1) is 25.6 Å². The third-order valence-corrected chi connectivity index (χ3v) is 5.78. The van der Waals surface area contributed by atoms with Gasteiger partial charge in [-0.25, -0.2) is 8.42 Å². The number of carbonyl (C=O) groups excluding carboxylic acids is 1. The molecule has 0 unspecified atom stereocenters. The van der Waals surface area contributed by atoms with E-state index in [1.165, 1.54) is 4.31 Å². The van der Waals surface area contributed by atoms with E-state index in [9.17, 15) is 13.2 Å². The van der Waals surface area contributed by atoms with Gasteiger partial charge in [-0.2, -0.15) is 4.31 Å². The van der Waals surface area contributed by atoms with Gasteiger partial charge in [0, 0.05) is 31.5 Å². The number of morpholine rings is 1. The van der Waals surface area contributed by atoms with Crippen LogP contribution < -0.4 is 5.32 Å². The molecule has 0 atom stereocenters. The quantitative estimate of drug-likeness (QED) is 0.624. The molecule has 1 saturated carbocycles. The van der Waals surface area contributed by atoms with Crippen LogP contribution in [0, 0.1) is 5.41 Å². The van der Waals surface area contributed by atoms with E-state index in [0.29, 0.717) is 32.8 Å². The summed E-state index contributed by atoms with van der Waals surface area (Å²) in [5, 5.41) is 11.8. The van der Waals surface area contributed by atoms with Crippen molar-refractivity contribution in [1.29, 1.82) is 0 Å². The molecule has 8 heteroatoms. The molecule has 0 bridgehead atoms. The normalized spacial score (nSPS) is 22.4. The maximum absolute atomic E-state index is 12.0. The molecule has 1 aliphatic carbocycles. The number of carbonyl (C=O) groups is 1. The van der Waals surface area contributed by atoms with Crippen LogP contribution in [0.15, 0.2) is 0 Å². The van der Waals surface area contributed by atoms with Gasteiger partial charge in [-0.1, -0.05) is 0 Å². The first-order valence-corrected chi connectivity index (χ1v) is 8.52. The summed E-state index contributed by atoms with van der Waals surface area (Å²) in [7, 11) is -3.38. The summed E-state index contributed by atoms with van der Waals surface area (Å²) in [6.07, 6.45) is 1.78. The van der Waals surface area contributed by atoms with E-state index >= 15 is 0 Å². The summed E-state index contributed by atoms with van der Waals surface area (Å²) in [6, 6.07) is 0. The van der Waals surface area contributed by atoms with Crippen molar-refractivity contribution in [2.45, 2.75) is 19.3 Å². The maximum atomic E-state index is 12.0. The maximum Gasteiger partial charge on any atom is 0.221 e. The van der Waals surface area contributed by atoms with Gasteiger partial charge in [-0.05, 0) is 12.8 Å². The fourth-order valence-electron chi connectivity index (χ4n) is 2.12. The average Bonchev–Trinajstić information content (AvgIpc) is 3.25. The molecule has 116 valence electrons. The van der Waals surface area contributed by atoms with Crippen molar-refractivity contribution < 1.29 is 23.1 Å². The number of nitrogens with one attached hydrogen (secondary N) is 1. The Bertz CT molecular complexity index is 441. The minimum absolute atomic E-state index is 0.0405. The van der Waals surface area contributed by atoms with Gasteiger partial charge in [0.25, 0.3) is 0 Å². The molecule has 1 heterocycles. The molecular formula is C12H22N2O5S.